The van der Waals surface area contributed by atoms with Crippen LogP contribution in [0.25, 0.3) is 254 Å². The van der Waals surface area contributed by atoms with Crippen LogP contribution in [0, 0.1) is 0 Å². The fourth-order valence-corrected chi connectivity index (χ4v) is 23.5. The van der Waals surface area contributed by atoms with E-state index in [2.05, 4.69) is 425 Å². The van der Waals surface area contributed by atoms with Gasteiger partial charge in [0.25, 0.3) is 0 Å². The number of fused-ring (bicyclic) bond motifs is 30. The summed E-state index contributed by atoms with van der Waals surface area (Å²) in [5, 5.41) is 13.3. The molecule has 0 amide bonds. The molecule has 0 fully saturated rings. The van der Waals surface area contributed by atoms with Gasteiger partial charge in [-0.15, -0.1) is 11.3 Å². The van der Waals surface area contributed by atoms with Crippen molar-refractivity contribution in [3.8, 4) is 124 Å². The molecule has 19 aromatic carbocycles. The highest BCUT2D eigenvalue weighted by Crippen LogP contribution is 2.64. The smallest absolute Gasteiger partial charge is 0.238 e. The Kier molecular flexibility index (Phi) is 15.6. The van der Waals surface area contributed by atoms with Crippen molar-refractivity contribution in [1.82, 2.24) is 48.2 Å². The van der Waals surface area contributed by atoms with Crippen molar-refractivity contribution in [2.75, 3.05) is 0 Å². The van der Waals surface area contributed by atoms with E-state index in [0.29, 0.717) is 35.2 Å². The van der Waals surface area contributed by atoms with E-state index >= 15 is 0 Å². The summed E-state index contributed by atoms with van der Waals surface area (Å²) in [5.41, 5.74) is 31.4. The summed E-state index contributed by atoms with van der Waals surface area (Å²) in [6.45, 7) is 0. The molecule has 12 heteroatoms. The highest BCUT2D eigenvalue weighted by atomic mass is 32.1. The Balaban J connectivity index is 0.616. The second-order valence-corrected chi connectivity index (χ2v) is 36.2. The maximum absolute atomic E-state index is 6.58. The third-order valence-electron chi connectivity index (χ3n) is 28.1. The number of furan rings is 1. The predicted molar refractivity (Wildman–Crippen MR) is 545 cm³/mol. The average Bonchev–Trinajstić information content (AvgIpc) is 1.49. The van der Waals surface area contributed by atoms with Gasteiger partial charge in [-0.1, -0.05) is 328 Å². The Morgan fingerprint density at radius 2 is 0.586 bits per heavy atom. The second-order valence-electron chi connectivity index (χ2n) is 35.1. The number of hydrogen-bond donors (Lipinski definition) is 0. The SMILES string of the molecule is c1ccc(-c2ccc(-c3nc(-c4ccc5c(c4)oc4ccccc45)nc(-n4c5ccccc5c5ccc6c7cc(-c8ccc9c(c8)c8ccccc8n9-c8nc(-c9cccc(-n%10c%11ccccc%11c%11ccc%12c(c%11%10)-c%10ccccc%10C%12%10c%11ccccc%11-c%11ccccc%11%10)c9)nc(-c9ccc%10c(c9)sc9ccccc9%10)n8)ccc7n(-c7cccc(-c8ccccc8)c7)c6c54)n3)cc2)cc1. The Morgan fingerprint density at radius 3 is 1.26 bits per heavy atom. The third kappa shape index (κ3) is 10.8. The summed E-state index contributed by atoms with van der Waals surface area (Å²) < 4.78 is 18.5. The maximum Gasteiger partial charge on any atom is 0.238 e. The lowest BCUT2D eigenvalue weighted by molar-refractivity contribution is 0.669. The van der Waals surface area contributed by atoms with Gasteiger partial charge in [-0.05, 0) is 169 Å². The van der Waals surface area contributed by atoms with Crippen LogP contribution >= 0.6 is 11.3 Å². The van der Waals surface area contributed by atoms with Crippen molar-refractivity contribution in [2.24, 2.45) is 0 Å². The lowest BCUT2D eigenvalue weighted by atomic mass is 9.70. The number of aromatic nitrogens is 10. The number of rotatable bonds is 11. The minimum atomic E-state index is -0.526. The summed E-state index contributed by atoms with van der Waals surface area (Å²) in [5.74, 6) is 3.17. The zero-order valence-electron chi connectivity index (χ0n) is 71.2. The van der Waals surface area contributed by atoms with Crippen molar-refractivity contribution >= 4 is 141 Å². The van der Waals surface area contributed by atoms with Gasteiger partial charge in [-0.25, -0.2) is 9.97 Å². The highest BCUT2D eigenvalue weighted by molar-refractivity contribution is 7.25. The van der Waals surface area contributed by atoms with Gasteiger partial charge in [0, 0.05) is 113 Å². The molecule has 27 aromatic rings. The van der Waals surface area contributed by atoms with Crippen LogP contribution in [0.15, 0.2) is 429 Å². The van der Waals surface area contributed by atoms with Crippen LogP contribution in [-0.2, 0) is 5.41 Å². The molecule has 0 saturated heterocycles. The Labute approximate surface area is 764 Å². The van der Waals surface area contributed by atoms with Gasteiger partial charge in [-0.2, -0.15) is 19.9 Å². The molecule has 2 aliphatic carbocycles. The summed E-state index contributed by atoms with van der Waals surface area (Å²) in [7, 11) is 0. The van der Waals surface area contributed by atoms with Gasteiger partial charge >= 0.3 is 0 Å². The fraction of sp³-hybridized carbons (Fsp3) is 0.00826. The van der Waals surface area contributed by atoms with Crippen LogP contribution in [0.2, 0.25) is 0 Å². The molecule has 1 spiro atoms. The minimum Gasteiger partial charge on any atom is -0.456 e. The van der Waals surface area contributed by atoms with Crippen LogP contribution in [0.5, 0.6) is 0 Å². The van der Waals surface area contributed by atoms with Crippen LogP contribution in [0.4, 0.5) is 0 Å². The Hall–Kier alpha value is -17.6. The molecule has 2 aliphatic rings. The van der Waals surface area contributed by atoms with Crippen LogP contribution in [0.1, 0.15) is 22.3 Å². The molecule has 616 valence electrons. The van der Waals surface area contributed by atoms with E-state index in [4.69, 9.17) is 34.3 Å². The molecule has 8 heterocycles. The quantitative estimate of drug-likeness (QED) is 0.127. The third-order valence-corrected chi connectivity index (χ3v) is 29.2. The molecule has 0 N–H and O–H groups in total. The van der Waals surface area contributed by atoms with E-state index in [1.54, 1.807) is 11.3 Å². The summed E-state index contributed by atoms with van der Waals surface area (Å²) in [6, 6.07) is 154. The molecule has 8 aromatic heterocycles. The van der Waals surface area contributed by atoms with Crippen molar-refractivity contribution in [2.45, 2.75) is 5.41 Å². The van der Waals surface area contributed by atoms with E-state index in [9.17, 15) is 0 Å². The van der Waals surface area contributed by atoms with Gasteiger partial charge in [0.1, 0.15) is 11.2 Å². The fourth-order valence-electron chi connectivity index (χ4n) is 22.3. The van der Waals surface area contributed by atoms with Crippen molar-refractivity contribution in [3.63, 3.8) is 0 Å². The van der Waals surface area contributed by atoms with E-state index in [1.165, 1.54) is 70.8 Å². The lowest BCUT2D eigenvalue weighted by Gasteiger charge is -2.30. The molecule has 0 bridgehead atoms. The van der Waals surface area contributed by atoms with Gasteiger partial charge in [0.15, 0.2) is 23.3 Å². The monoisotopic (exact) mass is 1710 g/mol. The molecule has 133 heavy (non-hydrogen) atoms. The van der Waals surface area contributed by atoms with Gasteiger partial charge in [0.2, 0.25) is 11.9 Å². The van der Waals surface area contributed by atoms with E-state index in [-0.39, 0.29) is 0 Å². The van der Waals surface area contributed by atoms with Gasteiger partial charge in [0.05, 0.1) is 49.5 Å². The first-order valence-electron chi connectivity index (χ1n) is 45.1. The zero-order chi connectivity index (χ0) is 86.8. The topological polar surface area (TPSA) is 110 Å². The predicted octanol–water partition coefficient (Wildman–Crippen LogP) is 30.7. The molecule has 0 radical (unpaired) electrons. The molecule has 0 aliphatic heterocycles. The molecule has 29 rings (SSSR count). The second kappa shape index (κ2) is 28.2. The molecular weight excluding hydrogens is 1640 g/mol. The van der Waals surface area contributed by atoms with E-state index in [1.807, 2.05) is 18.2 Å². The largest absolute Gasteiger partial charge is 0.456 e. The maximum atomic E-state index is 6.58. The number of hydrogen-bond acceptors (Lipinski definition) is 8. The summed E-state index contributed by atoms with van der Waals surface area (Å²) in [4.78, 5) is 33.6. The van der Waals surface area contributed by atoms with Gasteiger partial charge < -0.3 is 13.6 Å². The minimum absolute atomic E-state index is 0.479. The summed E-state index contributed by atoms with van der Waals surface area (Å²) in [6.07, 6.45) is 0. The molecule has 0 atom stereocenters. The van der Waals surface area contributed by atoms with Crippen molar-refractivity contribution < 1.29 is 4.42 Å². The van der Waals surface area contributed by atoms with E-state index in [0.717, 1.165) is 170 Å². The Bertz CT molecular complexity index is 9640. The standard InChI is InChI=1S/C121H70N10OS/c1-3-25-71(26-4-1)73-49-51-74(52-50-73)115-122-117(79-53-57-89-88-38-13-21-47-107(88)132-108(89)69-79)127-120(124-115)131-104-46-20-11-36-86(104)93-59-60-94-97-68-77(55-63-105(97)129(113(94)114(93)131)81-31-23-29-75(65-81)72-27-5-2-6-28-72)76-56-64-106-96(67-76)87-37-12-19-45-103(87)130(106)119-125-116(123-118(126-119)80-54-58-91-90-39-14-22-48-109(90)133-110(91)70-80)78-30-24-32-82(66-78)128-102-44-18-10-35-85(102)92-61-62-101-111(112(92)128)95-40-9-17-43-100(95)121(101)98-41-15-7-33-83(98)84-34-8-16-42-99(84)121/h1-70H. The van der Waals surface area contributed by atoms with Crippen molar-refractivity contribution in [1.29, 1.82) is 0 Å². The first kappa shape index (κ1) is 73.5. The lowest BCUT2D eigenvalue weighted by Crippen LogP contribution is -2.25. The molecule has 11 nitrogen and oxygen atoms in total. The van der Waals surface area contributed by atoms with Gasteiger partial charge in [-0.3, -0.25) is 9.13 Å². The first-order valence-corrected chi connectivity index (χ1v) is 45.9. The normalized spacial score (nSPS) is 12.7. The zero-order valence-corrected chi connectivity index (χ0v) is 72.0. The number of benzene rings is 19. The molecular formula is C121H70N10OS. The summed E-state index contributed by atoms with van der Waals surface area (Å²) >= 11 is 1.79. The first-order chi connectivity index (χ1) is 65.9. The molecule has 0 saturated carbocycles. The Morgan fingerprint density at radius 1 is 0.203 bits per heavy atom. The van der Waals surface area contributed by atoms with E-state index < -0.39 is 5.41 Å². The highest BCUT2D eigenvalue weighted by Gasteiger charge is 2.52. The average molecular weight is 1710 g/mol. The van der Waals surface area contributed by atoms with Crippen LogP contribution in [-0.4, -0.2) is 48.2 Å². The number of nitrogens with zero attached hydrogens (tertiary/aromatic N) is 10. The number of para-hydroxylation sites is 4. The van der Waals surface area contributed by atoms with Crippen LogP contribution < -0.4 is 0 Å². The van der Waals surface area contributed by atoms with Crippen molar-refractivity contribution in [3.05, 3.63) is 447 Å². The van der Waals surface area contributed by atoms with Crippen LogP contribution in [0.3, 0.4) is 0 Å². The molecule has 0 unspecified atom stereocenters. The number of thiophene rings is 1.